The molecule has 0 radical (unpaired) electrons. The SMILES string of the molecule is [3H]C(CC(=O)O)C(=O)NCC(=O)NCCC(=O)N[C@H](C(=O)N[C@@H](CO)C(=O)NCCNC(=O)[C@]1(O)Cc2c(O)c3c(c(O)c2[C@@H](O[C@@H]2C[C@H]4[C@H](O[C@@H]5[C@@H](OC)OCCN54)[C@H](C)O2)C1)C(=O)c1c(OC)cccc1C3=O)C(C)C. The first-order valence-corrected chi connectivity index (χ1v) is 24.9. The number of carbonyl (C=O) groups is 9. The van der Waals surface area contributed by atoms with E-state index in [9.17, 15) is 63.6 Å². The van der Waals surface area contributed by atoms with E-state index in [0.717, 1.165) is 0 Å². The molecule has 11 N–H and O–H groups in total. The molecule has 0 bridgehead atoms. The van der Waals surface area contributed by atoms with E-state index in [4.69, 9.17) is 34.9 Å². The summed E-state index contributed by atoms with van der Waals surface area (Å²) in [6.45, 7) is 3.43. The Hall–Kier alpha value is -6.85. The third-order valence-corrected chi connectivity index (χ3v) is 14.0. The number of rotatable bonds is 22. The minimum absolute atomic E-state index is 0.0431. The van der Waals surface area contributed by atoms with Gasteiger partial charge in [-0.05, 0) is 18.9 Å². The van der Waals surface area contributed by atoms with Crippen molar-refractivity contribution < 1.29 is 98.5 Å². The number of nitrogens with zero attached hydrogens (tertiary/aromatic N) is 1. The molecule has 3 fully saturated rings. The van der Waals surface area contributed by atoms with Crippen LogP contribution in [-0.4, -0.2) is 198 Å². The van der Waals surface area contributed by atoms with Crippen LogP contribution in [0, 0.1) is 5.92 Å². The number of hydrogen-bond donors (Lipinski definition) is 11. The number of aliphatic carboxylic acids is 1. The van der Waals surface area contributed by atoms with Crippen LogP contribution >= 0.6 is 0 Å². The van der Waals surface area contributed by atoms with Crippen molar-refractivity contribution in [1.29, 1.82) is 0 Å². The zero-order valence-corrected chi connectivity index (χ0v) is 42.9. The highest BCUT2D eigenvalue weighted by molar-refractivity contribution is 6.31. The number of carboxylic acid groups (broad SMARTS) is 1. The van der Waals surface area contributed by atoms with E-state index in [1.54, 1.807) is 20.8 Å². The Bertz CT molecular complexity index is 2690. The number of nitrogens with one attached hydrogen (secondary N) is 6. The van der Waals surface area contributed by atoms with Gasteiger partial charge in [0.15, 0.2) is 24.6 Å². The van der Waals surface area contributed by atoms with E-state index in [-0.39, 0.29) is 66.5 Å². The average Bonchev–Trinajstić information content (AvgIpc) is 3.94. The molecule has 2 aliphatic carbocycles. The molecule has 3 heterocycles. The van der Waals surface area contributed by atoms with E-state index in [2.05, 4.69) is 36.8 Å². The van der Waals surface area contributed by atoms with Crippen LogP contribution < -0.4 is 36.6 Å². The number of ether oxygens (including phenoxy) is 6. The number of benzene rings is 2. The number of fused-ring (bicyclic) bond motifs is 6. The monoisotopic (exact) mass is 1090 g/mol. The Morgan fingerprint density at radius 1 is 0.883 bits per heavy atom. The normalized spacial score (nSPS) is 25.7. The van der Waals surface area contributed by atoms with Gasteiger partial charge < -0.3 is 85.9 Å². The number of morpholine rings is 1. The number of methoxy groups -OCH3 is 2. The fourth-order valence-electron chi connectivity index (χ4n) is 10.2. The van der Waals surface area contributed by atoms with Crippen LogP contribution in [0.1, 0.15) is 103 Å². The Labute approximate surface area is 442 Å². The van der Waals surface area contributed by atoms with Crippen LogP contribution in [0.4, 0.5) is 0 Å². The van der Waals surface area contributed by atoms with Gasteiger partial charge in [-0.2, -0.15) is 0 Å². The van der Waals surface area contributed by atoms with Crippen molar-refractivity contribution in [3.8, 4) is 17.2 Å². The lowest BCUT2D eigenvalue weighted by Crippen LogP contribution is -2.57. The smallest absolute Gasteiger partial charge is 0.303 e. The summed E-state index contributed by atoms with van der Waals surface area (Å²) in [6.07, 6.45) is -8.62. The molecular weight excluding hydrogens is 1020 g/mol. The standard InChI is InChI=1S/C50H65N7O20/c1-22(2)39(56-31(60)11-12-51-32(61)20-54-30(59)9-10-33(62)63)46(69)55-26(21-58)45(68)52-13-14-53-49(70)50(71)18-25-36(43(67)38-37(41(25)65)40(64)24-7-6-8-28(72-4)35(24)42(38)66)29(19-50)76-34-17-27-44(23(3)75-34)77-47-48(73-5)74-16-15-57(27)47/h6-8,22-23,26-27,29,34,39,44,47-48,58,65,67,71H,9-21H2,1-5H3,(H,51,61)(H,52,68)(H,53,70)(H,54,59)(H,55,69)(H,56,60)(H,62,63)/t23-,26-,27-,29-,34+,39-,44+,47+,48-,50-/m0/s1/i9T/t9?,23-,26-,27-,29-,34+,39-,44+,47+,48-,50-. The summed E-state index contributed by atoms with van der Waals surface area (Å²) >= 11 is 0. The summed E-state index contributed by atoms with van der Waals surface area (Å²) in [5.74, 6) is -10.2. The zero-order valence-electron chi connectivity index (χ0n) is 43.9. The van der Waals surface area contributed by atoms with Crippen molar-refractivity contribution >= 4 is 53.0 Å². The number of phenolic OH excluding ortho intramolecular Hbond substituents is 2. The lowest BCUT2D eigenvalue weighted by atomic mass is 9.72. The molecule has 11 atom stereocenters. The van der Waals surface area contributed by atoms with Crippen molar-refractivity contribution in [2.24, 2.45) is 5.92 Å². The zero-order chi connectivity index (χ0) is 56.9. The largest absolute Gasteiger partial charge is 0.507 e. The van der Waals surface area contributed by atoms with E-state index in [1.165, 1.54) is 32.4 Å². The van der Waals surface area contributed by atoms with Gasteiger partial charge >= 0.3 is 5.97 Å². The number of hydrogen-bond acceptors (Lipinski definition) is 20. The second-order valence-electron chi connectivity index (χ2n) is 19.4. The maximum Gasteiger partial charge on any atom is 0.303 e. The number of aliphatic hydroxyl groups excluding tert-OH is 1. The molecule has 3 aliphatic heterocycles. The van der Waals surface area contributed by atoms with Gasteiger partial charge in [0.05, 0.1) is 62.2 Å². The van der Waals surface area contributed by atoms with Gasteiger partial charge in [-0.1, -0.05) is 26.0 Å². The predicted molar refractivity (Wildman–Crippen MR) is 261 cm³/mol. The first-order chi connectivity index (χ1) is 37.0. The lowest BCUT2D eigenvalue weighted by molar-refractivity contribution is -0.256. The van der Waals surface area contributed by atoms with Crippen molar-refractivity contribution in [1.82, 2.24) is 36.8 Å². The Morgan fingerprint density at radius 2 is 1.61 bits per heavy atom. The highest BCUT2D eigenvalue weighted by Crippen LogP contribution is 2.53. The molecule has 0 spiro atoms. The summed E-state index contributed by atoms with van der Waals surface area (Å²) < 4.78 is 43.3. The molecule has 1 unspecified atom stereocenters. The fourth-order valence-corrected chi connectivity index (χ4v) is 10.2. The topological polar surface area (TPSA) is 386 Å². The summed E-state index contributed by atoms with van der Waals surface area (Å²) in [6, 6.07) is 1.23. The van der Waals surface area contributed by atoms with E-state index in [1.807, 2.05) is 0 Å². The molecule has 2 aromatic rings. The minimum atomic E-state index is -2.44. The van der Waals surface area contributed by atoms with Crippen LogP contribution in [0.5, 0.6) is 17.2 Å². The molecule has 420 valence electrons. The summed E-state index contributed by atoms with van der Waals surface area (Å²) in [4.78, 5) is 119. The summed E-state index contributed by atoms with van der Waals surface area (Å²) in [7, 11) is 2.80. The number of aliphatic hydroxyl groups is 2. The van der Waals surface area contributed by atoms with Gasteiger partial charge in [-0.3, -0.25) is 48.1 Å². The van der Waals surface area contributed by atoms with Crippen LogP contribution in [0.15, 0.2) is 18.2 Å². The number of amides is 6. The maximum absolute atomic E-state index is 14.3. The van der Waals surface area contributed by atoms with Gasteiger partial charge in [-0.25, -0.2) is 0 Å². The molecule has 77 heavy (non-hydrogen) atoms. The molecule has 5 aliphatic rings. The first-order valence-electron chi connectivity index (χ1n) is 25.5. The lowest BCUT2D eigenvalue weighted by Gasteiger charge is -2.43. The Balaban J connectivity index is 0.999. The highest BCUT2D eigenvalue weighted by Gasteiger charge is 2.55. The first kappa shape index (κ1) is 56.4. The highest BCUT2D eigenvalue weighted by atomic mass is 16.7. The molecular formula is C50H65N7O20. The van der Waals surface area contributed by atoms with Crippen molar-refractivity contribution in [3.05, 3.63) is 51.6 Å². The average molecular weight is 1090 g/mol. The van der Waals surface area contributed by atoms with Gasteiger partial charge in [0.25, 0.3) is 5.91 Å². The minimum Gasteiger partial charge on any atom is -0.507 e. The number of aromatic hydroxyl groups is 2. The molecule has 3 saturated heterocycles. The third kappa shape index (κ3) is 12.5. The molecule has 27 heteroatoms. The molecule has 0 aromatic heterocycles. The number of carboxylic acids is 1. The van der Waals surface area contributed by atoms with E-state index < -0.39 is 175 Å². The predicted octanol–water partition coefficient (Wildman–Crippen LogP) is -2.51. The second-order valence-corrected chi connectivity index (χ2v) is 19.4. The van der Waals surface area contributed by atoms with Gasteiger partial charge in [-0.15, -0.1) is 0 Å². The van der Waals surface area contributed by atoms with Gasteiger partial charge in [0.1, 0.15) is 41.0 Å². The molecule has 0 saturated carbocycles. The van der Waals surface area contributed by atoms with Crippen molar-refractivity contribution in [2.45, 2.75) is 120 Å². The van der Waals surface area contributed by atoms with Gasteiger partial charge in [0.2, 0.25) is 35.3 Å². The van der Waals surface area contributed by atoms with E-state index >= 15 is 0 Å². The Morgan fingerprint density at radius 3 is 2.30 bits per heavy atom. The molecule has 2 aromatic carbocycles. The molecule has 7 rings (SSSR count). The summed E-state index contributed by atoms with van der Waals surface area (Å²) in [5, 5.41) is 69.6. The van der Waals surface area contributed by atoms with E-state index in [0.29, 0.717) is 13.2 Å². The maximum atomic E-state index is 14.3. The molecule has 6 amide bonds. The number of carbonyl (C=O) groups excluding carboxylic acids is 8. The van der Waals surface area contributed by atoms with Crippen molar-refractivity contribution in [3.63, 3.8) is 0 Å². The van der Waals surface area contributed by atoms with Crippen LogP contribution in [0.3, 0.4) is 0 Å². The third-order valence-electron chi connectivity index (χ3n) is 14.0. The van der Waals surface area contributed by atoms with Crippen LogP contribution in [-0.2, 0) is 63.7 Å². The van der Waals surface area contributed by atoms with Gasteiger partial charge in [0, 0.05) is 89.5 Å². The van der Waals surface area contributed by atoms with Crippen molar-refractivity contribution in [2.75, 3.05) is 60.2 Å². The summed E-state index contributed by atoms with van der Waals surface area (Å²) in [5.41, 5.74) is -4.21. The molecule has 27 nitrogen and oxygen atoms in total. The van der Waals surface area contributed by atoms with Crippen LogP contribution in [0.25, 0.3) is 0 Å². The fraction of sp³-hybridized carbons (Fsp3) is 0.580. The number of ketones is 2. The second kappa shape index (κ2) is 24.6. The number of phenols is 2. The quantitative estimate of drug-likeness (QED) is 0.0366. The Kier molecular flexibility index (Phi) is 18.0. The van der Waals surface area contributed by atoms with Crippen LogP contribution in [0.2, 0.25) is 0 Å².